The quantitative estimate of drug-likeness (QED) is 0.100. The Hall–Kier alpha value is -5.66. The van der Waals surface area contributed by atoms with Gasteiger partial charge in [-0.25, -0.2) is 13.2 Å². The van der Waals surface area contributed by atoms with Crippen molar-refractivity contribution in [1.29, 1.82) is 0 Å². The van der Waals surface area contributed by atoms with Crippen LogP contribution in [0.3, 0.4) is 0 Å². The Bertz CT molecular complexity index is 2380. The smallest absolute Gasteiger partial charge is 0.323 e. The minimum atomic E-state index is -3.63. The molecule has 0 spiro atoms. The van der Waals surface area contributed by atoms with Gasteiger partial charge in [0, 0.05) is 48.1 Å². The molecule has 0 aliphatic carbocycles. The molecule has 12 nitrogen and oxygen atoms in total. The van der Waals surface area contributed by atoms with Crippen molar-refractivity contribution in [2.75, 3.05) is 56.0 Å². The van der Waals surface area contributed by atoms with E-state index in [9.17, 15) is 18.0 Å². The average Bonchev–Trinajstić information content (AvgIpc) is 3.55. The van der Waals surface area contributed by atoms with Crippen LogP contribution >= 0.6 is 0 Å². The second-order valence-corrected chi connectivity index (χ2v) is 17.1. The number of ketones is 1. The number of amides is 2. The number of ether oxygens (including phenoxy) is 3. The van der Waals surface area contributed by atoms with Gasteiger partial charge in [-0.2, -0.15) is 0 Å². The predicted octanol–water partition coefficient (Wildman–Crippen LogP) is 8.47. The van der Waals surface area contributed by atoms with Gasteiger partial charge in [0.15, 0.2) is 11.5 Å². The van der Waals surface area contributed by atoms with Gasteiger partial charge in [0.05, 0.1) is 43.1 Å². The molecule has 294 valence electrons. The fourth-order valence-electron chi connectivity index (χ4n) is 6.99. The zero-order valence-electron chi connectivity index (χ0n) is 32.9. The zero-order chi connectivity index (χ0) is 40.2. The lowest BCUT2D eigenvalue weighted by Crippen LogP contribution is -2.22. The van der Waals surface area contributed by atoms with E-state index >= 15 is 0 Å². The van der Waals surface area contributed by atoms with Gasteiger partial charge in [-0.3, -0.25) is 14.5 Å². The first-order valence-corrected chi connectivity index (χ1v) is 20.3. The van der Waals surface area contributed by atoms with Crippen LogP contribution in [0.4, 0.5) is 21.9 Å². The molecule has 3 N–H and O–H groups in total. The number of Topliss-reactive ketones (excluding diaryl/α,β-unsaturated/α-hetero) is 1. The van der Waals surface area contributed by atoms with E-state index in [1.165, 1.54) is 7.11 Å². The van der Waals surface area contributed by atoms with Crippen molar-refractivity contribution in [2.45, 2.75) is 45.4 Å². The lowest BCUT2D eigenvalue weighted by molar-refractivity contribution is 0.0959. The molecular weight excluding hydrogens is 731 g/mol. The minimum absolute atomic E-state index is 0.0977. The number of rotatable bonds is 13. The van der Waals surface area contributed by atoms with Crippen molar-refractivity contribution < 1.29 is 32.2 Å². The summed E-state index contributed by atoms with van der Waals surface area (Å²) < 4.78 is 44.5. The van der Waals surface area contributed by atoms with E-state index in [0.29, 0.717) is 52.9 Å². The maximum absolute atomic E-state index is 13.5. The summed E-state index contributed by atoms with van der Waals surface area (Å²) >= 11 is 0. The molecule has 5 aromatic rings. The number of hydrogen-bond acceptors (Lipinski definition) is 9. The number of methoxy groups -OCH3 is 2. The van der Waals surface area contributed by atoms with Gasteiger partial charge < -0.3 is 29.7 Å². The average molecular weight is 780 g/mol. The van der Waals surface area contributed by atoms with Gasteiger partial charge in [-0.1, -0.05) is 51.1 Å². The number of carbonyl (C=O) groups is 2. The summed E-state index contributed by atoms with van der Waals surface area (Å²) in [5.74, 6) is 2.37. The van der Waals surface area contributed by atoms with Gasteiger partial charge in [-0.05, 0) is 84.9 Å². The summed E-state index contributed by atoms with van der Waals surface area (Å²) in [4.78, 5) is 33.5. The highest BCUT2D eigenvalue weighted by atomic mass is 32.2. The number of aromatic nitrogens is 1. The molecule has 0 bridgehead atoms. The highest BCUT2D eigenvalue weighted by Crippen LogP contribution is 2.40. The third-order valence-electron chi connectivity index (χ3n) is 9.77. The number of nitrogens with one attached hydrogen (secondary N) is 3. The number of anilines is 3. The number of fused-ring (bicyclic) bond motifs is 1. The van der Waals surface area contributed by atoms with Gasteiger partial charge in [0.1, 0.15) is 17.2 Å². The molecule has 6 rings (SSSR count). The Balaban J connectivity index is 1.18. The number of benzene rings is 4. The van der Waals surface area contributed by atoms with Gasteiger partial charge in [-0.15, -0.1) is 0 Å². The second kappa shape index (κ2) is 16.6. The number of urea groups is 1. The van der Waals surface area contributed by atoms with Crippen LogP contribution in [0.25, 0.3) is 10.8 Å². The lowest BCUT2D eigenvalue weighted by Gasteiger charge is -2.24. The van der Waals surface area contributed by atoms with Crippen LogP contribution in [0, 0.1) is 5.92 Å². The van der Waals surface area contributed by atoms with Crippen molar-refractivity contribution in [3.8, 4) is 23.0 Å². The molecule has 1 aromatic heterocycles. The first-order chi connectivity index (χ1) is 26.6. The summed E-state index contributed by atoms with van der Waals surface area (Å²) in [5, 5.41) is 7.30. The third-order valence-corrected chi connectivity index (χ3v) is 10.4. The Morgan fingerprint density at radius 1 is 0.875 bits per heavy atom. The molecule has 0 unspecified atom stereocenters. The molecule has 1 atom stereocenters. The Kier molecular flexibility index (Phi) is 11.9. The normalized spacial score (nSPS) is 14.7. The van der Waals surface area contributed by atoms with Crippen molar-refractivity contribution >= 4 is 49.7 Å². The Morgan fingerprint density at radius 2 is 1.61 bits per heavy atom. The Labute approximate surface area is 328 Å². The van der Waals surface area contributed by atoms with Crippen LogP contribution in [0.1, 0.15) is 60.8 Å². The second-order valence-electron chi connectivity index (χ2n) is 15.3. The van der Waals surface area contributed by atoms with Gasteiger partial charge >= 0.3 is 6.03 Å². The molecule has 2 heterocycles. The first-order valence-electron chi connectivity index (χ1n) is 18.4. The number of hydrogen-bond donors (Lipinski definition) is 3. The summed E-state index contributed by atoms with van der Waals surface area (Å²) in [5.41, 5.74) is 3.82. The Morgan fingerprint density at radius 3 is 2.29 bits per heavy atom. The van der Waals surface area contributed by atoms with Gasteiger partial charge in [0.2, 0.25) is 10.0 Å². The molecule has 0 radical (unpaired) electrons. The number of sulfonamides is 1. The number of likely N-dealkylation sites (tertiary alicyclic amines) is 1. The van der Waals surface area contributed by atoms with E-state index in [0.717, 1.165) is 53.4 Å². The maximum Gasteiger partial charge on any atom is 0.323 e. The molecule has 4 aromatic carbocycles. The highest BCUT2D eigenvalue weighted by molar-refractivity contribution is 7.92. The van der Waals surface area contributed by atoms with E-state index < -0.39 is 16.1 Å². The highest BCUT2D eigenvalue weighted by Gasteiger charge is 2.25. The largest absolute Gasteiger partial charge is 0.496 e. The number of pyridine rings is 1. The van der Waals surface area contributed by atoms with Crippen LogP contribution in [0.5, 0.6) is 23.0 Å². The molecule has 1 saturated heterocycles. The summed E-state index contributed by atoms with van der Waals surface area (Å²) in [6.07, 6.45) is 4.79. The number of nitrogens with zero attached hydrogens (tertiary/aromatic N) is 2. The van der Waals surface area contributed by atoms with Crippen molar-refractivity contribution in [3.05, 3.63) is 107 Å². The predicted molar refractivity (Wildman–Crippen MR) is 221 cm³/mol. The topological polar surface area (TPSA) is 148 Å². The SMILES string of the molecule is COc1cc(Cc2cc(Oc3ccc(NC(=O)Nc4cc(C(C)(C)C)cc(NS(C)(=O)=O)c4OC)c4ccccc34)ccn2)ccc1C(=O)C[C@@H]1CCN(C)C1. The van der Waals surface area contributed by atoms with E-state index in [1.54, 1.807) is 43.6 Å². The summed E-state index contributed by atoms with van der Waals surface area (Å²) in [7, 11) is 1.45. The van der Waals surface area contributed by atoms with Crippen LogP contribution in [0.15, 0.2) is 85.1 Å². The molecule has 1 aliphatic heterocycles. The van der Waals surface area contributed by atoms with Gasteiger partial charge in [0.25, 0.3) is 0 Å². The molecule has 1 aliphatic rings. The first kappa shape index (κ1) is 40.0. The molecule has 2 amide bonds. The summed E-state index contributed by atoms with van der Waals surface area (Å²) in [6.45, 7) is 7.92. The number of carbonyl (C=O) groups excluding carboxylic acids is 2. The van der Waals surface area contributed by atoms with Crippen LogP contribution in [0.2, 0.25) is 0 Å². The molecular formula is C43H49N5O7S. The maximum atomic E-state index is 13.5. The fraction of sp³-hybridized carbons (Fsp3) is 0.326. The van der Waals surface area contributed by atoms with Crippen molar-refractivity contribution in [3.63, 3.8) is 0 Å². The lowest BCUT2D eigenvalue weighted by atomic mass is 9.86. The molecule has 1 fully saturated rings. The third kappa shape index (κ3) is 9.76. The standard InChI is InChI=1S/C43H49N5O7S/c1-43(2,3)29-23-36(41(54-6)37(24-29)47-56(7,51)52)46-42(50)45-35-14-15-39(33-11-9-8-10-32(33)35)55-31-16-18-44-30(25-31)20-27-12-13-34(40(22-27)53-5)38(49)21-28-17-19-48(4)26-28/h8-16,18,22-25,28,47H,17,19-21,26H2,1-7H3,(H2,45,46,50)/t28-/m0/s1. The molecule has 0 saturated carbocycles. The minimum Gasteiger partial charge on any atom is -0.496 e. The monoisotopic (exact) mass is 779 g/mol. The van der Waals surface area contributed by atoms with E-state index in [2.05, 4.69) is 32.3 Å². The molecule has 13 heteroatoms. The van der Waals surface area contributed by atoms with E-state index in [-0.39, 0.29) is 22.6 Å². The van der Waals surface area contributed by atoms with Crippen LogP contribution < -0.4 is 29.6 Å². The van der Waals surface area contributed by atoms with Crippen molar-refractivity contribution in [1.82, 2.24) is 9.88 Å². The zero-order valence-corrected chi connectivity index (χ0v) is 33.7. The molecule has 56 heavy (non-hydrogen) atoms. The van der Waals surface area contributed by atoms with E-state index in [1.807, 2.05) is 69.3 Å². The fourth-order valence-corrected chi connectivity index (χ4v) is 7.54. The van der Waals surface area contributed by atoms with Crippen LogP contribution in [-0.4, -0.2) is 70.7 Å². The van der Waals surface area contributed by atoms with Crippen LogP contribution in [-0.2, 0) is 21.9 Å². The van der Waals surface area contributed by atoms with E-state index in [4.69, 9.17) is 14.2 Å². The van der Waals surface area contributed by atoms with Crippen molar-refractivity contribution in [2.24, 2.45) is 5.92 Å². The summed E-state index contributed by atoms with van der Waals surface area (Å²) in [6, 6.07) is 23.4.